The highest BCUT2D eigenvalue weighted by Crippen LogP contribution is 2.34. The molecule has 0 saturated heterocycles. The van der Waals surface area contributed by atoms with Crippen LogP contribution in [0.5, 0.6) is 11.5 Å². The van der Waals surface area contributed by atoms with Crippen molar-refractivity contribution in [2.75, 3.05) is 6.79 Å². The molecule has 2 aliphatic rings. The first-order chi connectivity index (χ1) is 14.6. The van der Waals surface area contributed by atoms with E-state index in [2.05, 4.69) is 10.4 Å². The largest absolute Gasteiger partial charge is 0.454 e. The third kappa shape index (κ3) is 3.38. The number of benzene rings is 2. The maximum Gasteiger partial charge on any atom is 0.231 e. The topological polar surface area (TPSA) is 65.4 Å². The van der Waals surface area contributed by atoms with Crippen molar-refractivity contribution < 1.29 is 23.0 Å². The van der Waals surface area contributed by atoms with Gasteiger partial charge in [0.15, 0.2) is 17.3 Å². The molecule has 0 radical (unpaired) electrons. The summed E-state index contributed by atoms with van der Waals surface area (Å²) in [4.78, 5) is 12.6. The lowest BCUT2D eigenvalue weighted by molar-refractivity contribution is -0.121. The first-order valence-corrected chi connectivity index (χ1v) is 9.78. The van der Waals surface area contributed by atoms with Gasteiger partial charge in [0, 0.05) is 17.3 Å². The van der Waals surface area contributed by atoms with Gasteiger partial charge in [-0.25, -0.2) is 13.5 Å². The van der Waals surface area contributed by atoms with Crippen LogP contribution in [0.1, 0.15) is 35.7 Å². The van der Waals surface area contributed by atoms with Crippen LogP contribution >= 0.6 is 0 Å². The van der Waals surface area contributed by atoms with Gasteiger partial charge in [-0.15, -0.1) is 0 Å². The van der Waals surface area contributed by atoms with E-state index in [-0.39, 0.29) is 30.9 Å². The Morgan fingerprint density at radius 2 is 2.03 bits per heavy atom. The molecular formula is C22H19F2N3O3. The highest BCUT2D eigenvalue weighted by atomic mass is 19.1. The molecule has 3 aromatic rings. The van der Waals surface area contributed by atoms with Gasteiger partial charge < -0.3 is 14.8 Å². The first-order valence-electron chi connectivity index (χ1n) is 9.78. The Morgan fingerprint density at radius 1 is 1.17 bits per heavy atom. The molecule has 1 unspecified atom stereocenters. The number of rotatable bonds is 4. The molecule has 1 aliphatic carbocycles. The lowest BCUT2D eigenvalue weighted by Crippen LogP contribution is -2.32. The molecule has 2 aromatic carbocycles. The molecule has 2 heterocycles. The number of nitrogens with zero attached hydrogens (tertiary/aromatic N) is 2. The summed E-state index contributed by atoms with van der Waals surface area (Å²) in [5, 5.41) is 7.37. The quantitative estimate of drug-likeness (QED) is 0.712. The third-order valence-electron chi connectivity index (χ3n) is 5.46. The summed E-state index contributed by atoms with van der Waals surface area (Å²) in [6, 6.07) is 8.67. The standard InChI is InChI=1S/C22H19F2N3O3/c23-14-5-6-19(16(24)10-14)27-18-3-1-2-17(15(18)11-25-27)26-22(28)9-13-4-7-20-21(8-13)30-12-29-20/h4-8,10-11,17H,1-3,9,12H2,(H,26,28). The highest BCUT2D eigenvalue weighted by molar-refractivity contribution is 5.79. The molecule has 1 amide bonds. The molecular weight excluding hydrogens is 392 g/mol. The van der Waals surface area contributed by atoms with Crippen LogP contribution in [0.15, 0.2) is 42.6 Å². The van der Waals surface area contributed by atoms with E-state index in [9.17, 15) is 13.6 Å². The van der Waals surface area contributed by atoms with Crippen molar-refractivity contribution in [3.63, 3.8) is 0 Å². The van der Waals surface area contributed by atoms with Crippen molar-refractivity contribution in [1.29, 1.82) is 0 Å². The summed E-state index contributed by atoms with van der Waals surface area (Å²) >= 11 is 0. The molecule has 0 bridgehead atoms. The molecule has 0 saturated carbocycles. The van der Waals surface area contributed by atoms with E-state index in [0.717, 1.165) is 35.7 Å². The predicted octanol–water partition coefficient (Wildman–Crippen LogP) is 3.62. The number of halogens is 2. The summed E-state index contributed by atoms with van der Waals surface area (Å²) in [7, 11) is 0. The molecule has 0 spiro atoms. The number of amides is 1. The lowest BCUT2D eigenvalue weighted by Gasteiger charge is -2.24. The van der Waals surface area contributed by atoms with Gasteiger partial charge in [0.2, 0.25) is 12.7 Å². The number of fused-ring (bicyclic) bond motifs is 2. The zero-order chi connectivity index (χ0) is 20.7. The van der Waals surface area contributed by atoms with Crippen LogP contribution in [0.3, 0.4) is 0 Å². The fraction of sp³-hybridized carbons (Fsp3) is 0.273. The molecule has 8 heteroatoms. The zero-order valence-electron chi connectivity index (χ0n) is 16.0. The fourth-order valence-electron chi connectivity index (χ4n) is 4.05. The number of carbonyl (C=O) groups is 1. The number of hydrogen-bond donors (Lipinski definition) is 1. The Morgan fingerprint density at radius 3 is 2.90 bits per heavy atom. The first kappa shape index (κ1) is 18.6. The van der Waals surface area contributed by atoms with Gasteiger partial charge in [-0.3, -0.25) is 4.79 Å². The summed E-state index contributed by atoms with van der Waals surface area (Å²) in [5.74, 6) is -0.104. The van der Waals surface area contributed by atoms with Gasteiger partial charge in [-0.1, -0.05) is 6.07 Å². The lowest BCUT2D eigenvalue weighted by atomic mass is 9.92. The number of carbonyl (C=O) groups excluding carboxylic acids is 1. The second-order valence-electron chi connectivity index (χ2n) is 7.43. The molecule has 6 nitrogen and oxygen atoms in total. The number of nitrogens with one attached hydrogen (secondary N) is 1. The van der Waals surface area contributed by atoms with Crippen molar-refractivity contribution in [3.05, 3.63) is 71.1 Å². The van der Waals surface area contributed by atoms with Crippen molar-refractivity contribution in [3.8, 4) is 17.2 Å². The van der Waals surface area contributed by atoms with Gasteiger partial charge in [-0.05, 0) is 49.1 Å². The average molecular weight is 411 g/mol. The number of hydrogen-bond acceptors (Lipinski definition) is 4. The molecule has 0 fully saturated rings. The smallest absolute Gasteiger partial charge is 0.231 e. The molecule has 1 aliphatic heterocycles. The average Bonchev–Trinajstić information content (AvgIpc) is 3.35. The Balaban J connectivity index is 1.34. The van der Waals surface area contributed by atoms with Gasteiger partial charge in [0.1, 0.15) is 11.5 Å². The van der Waals surface area contributed by atoms with Crippen molar-refractivity contribution in [1.82, 2.24) is 15.1 Å². The second kappa shape index (κ2) is 7.44. The predicted molar refractivity (Wildman–Crippen MR) is 104 cm³/mol. The van der Waals surface area contributed by atoms with Gasteiger partial charge in [-0.2, -0.15) is 5.10 Å². The zero-order valence-corrected chi connectivity index (χ0v) is 16.0. The SMILES string of the molecule is O=C(Cc1ccc2c(c1)OCO2)NC1CCCc2c1cnn2-c1ccc(F)cc1F. The second-order valence-corrected chi connectivity index (χ2v) is 7.43. The maximum atomic E-state index is 14.2. The van der Waals surface area contributed by atoms with Gasteiger partial charge in [0.25, 0.3) is 0 Å². The number of aromatic nitrogens is 2. The Bertz CT molecular complexity index is 1130. The fourth-order valence-corrected chi connectivity index (χ4v) is 4.05. The Labute approximate surface area is 171 Å². The molecule has 5 rings (SSSR count). The summed E-state index contributed by atoms with van der Waals surface area (Å²) in [6.07, 6.45) is 4.18. The van der Waals surface area contributed by atoms with E-state index in [1.165, 1.54) is 16.8 Å². The van der Waals surface area contributed by atoms with Gasteiger partial charge in [0.05, 0.1) is 18.7 Å². The van der Waals surface area contributed by atoms with Crippen molar-refractivity contribution >= 4 is 5.91 Å². The minimum absolute atomic E-state index is 0.118. The van der Waals surface area contributed by atoms with Crippen molar-refractivity contribution in [2.45, 2.75) is 31.7 Å². The molecule has 1 atom stereocenters. The van der Waals surface area contributed by atoms with E-state index in [1.807, 2.05) is 12.1 Å². The highest BCUT2D eigenvalue weighted by Gasteiger charge is 2.27. The summed E-state index contributed by atoms with van der Waals surface area (Å²) in [5.41, 5.74) is 2.73. The van der Waals surface area contributed by atoms with Crippen LogP contribution in [0.4, 0.5) is 8.78 Å². The maximum absolute atomic E-state index is 14.2. The minimum atomic E-state index is -0.671. The van der Waals surface area contributed by atoms with E-state index in [4.69, 9.17) is 9.47 Å². The Kier molecular flexibility index (Phi) is 4.61. The molecule has 154 valence electrons. The minimum Gasteiger partial charge on any atom is -0.454 e. The van der Waals surface area contributed by atoms with Crippen LogP contribution in [0.25, 0.3) is 5.69 Å². The van der Waals surface area contributed by atoms with Crippen LogP contribution in [-0.4, -0.2) is 22.5 Å². The summed E-state index contributed by atoms with van der Waals surface area (Å²) < 4.78 is 39.6. The van der Waals surface area contributed by atoms with E-state index >= 15 is 0 Å². The van der Waals surface area contributed by atoms with Crippen LogP contribution in [0.2, 0.25) is 0 Å². The normalized spacial score (nSPS) is 16.9. The molecule has 1 aromatic heterocycles. The van der Waals surface area contributed by atoms with Crippen molar-refractivity contribution in [2.24, 2.45) is 0 Å². The van der Waals surface area contributed by atoms with Crippen LogP contribution in [0, 0.1) is 11.6 Å². The molecule has 1 N–H and O–H groups in total. The van der Waals surface area contributed by atoms with E-state index in [1.54, 1.807) is 12.3 Å². The van der Waals surface area contributed by atoms with Crippen LogP contribution in [-0.2, 0) is 17.6 Å². The number of ether oxygens (including phenoxy) is 2. The van der Waals surface area contributed by atoms with Gasteiger partial charge >= 0.3 is 0 Å². The Hall–Kier alpha value is -3.42. The van der Waals surface area contributed by atoms with E-state index < -0.39 is 11.6 Å². The van der Waals surface area contributed by atoms with E-state index in [0.29, 0.717) is 17.9 Å². The van der Waals surface area contributed by atoms with Crippen LogP contribution < -0.4 is 14.8 Å². The third-order valence-corrected chi connectivity index (χ3v) is 5.46. The molecule has 30 heavy (non-hydrogen) atoms. The monoisotopic (exact) mass is 411 g/mol. The summed E-state index contributed by atoms with van der Waals surface area (Å²) in [6.45, 7) is 0.189.